The first kappa shape index (κ1) is 19.9. The summed E-state index contributed by atoms with van der Waals surface area (Å²) in [7, 11) is 0. The molecule has 29 heavy (non-hydrogen) atoms. The molecule has 6 heteroatoms. The predicted molar refractivity (Wildman–Crippen MR) is 109 cm³/mol. The van der Waals surface area contributed by atoms with Crippen molar-refractivity contribution in [2.45, 2.75) is 37.7 Å². The van der Waals surface area contributed by atoms with Gasteiger partial charge in [-0.3, -0.25) is 4.79 Å². The van der Waals surface area contributed by atoms with Crippen LogP contribution in [-0.4, -0.2) is 42.2 Å². The minimum absolute atomic E-state index is 0.0537. The van der Waals surface area contributed by atoms with Gasteiger partial charge in [0.1, 0.15) is 11.6 Å². The van der Waals surface area contributed by atoms with Crippen molar-refractivity contribution in [2.24, 2.45) is 0 Å². The Morgan fingerprint density at radius 2 is 1.93 bits per heavy atom. The quantitative estimate of drug-likeness (QED) is 0.732. The van der Waals surface area contributed by atoms with Crippen LogP contribution >= 0.6 is 0 Å². The maximum Gasteiger partial charge on any atom is 0.224 e. The van der Waals surface area contributed by atoms with E-state index in [-0.39, 0.29) is 11.7 Å². The van der Waals surface area contributed by atoms with Gasteiger partial charge in [-0.2, -0.15) is 0 Å². The predicted octanol–water partition coefficient (Wildman–Crippen LogP) is 3.46. The SMILES string of the molecule is O=C1CCc2c(cccc2OCCCN2CCC(O)(c3cccc(F)c3)CC2)N1. The van der Waals surface area contributed by atoms with E-state index in [0.717, 1.165) is 43.1 Å². The second-order valence-corrected chi connectivity index (χ2v) is 7.92. The molecule has 0 unspecified atom stereocenters. The van der Waals surface area contributed by atoms with E-state index in [2.05, 4.69) is 10.2 Å². The van der Waals surface area contributed by atoms with Crippen LogP contribution < -0.4 is 10.1 Å². The number of benzene rings is 2. The highest BCUT2D eigenvalue weighted by Gasteiger charge is 2.34. The molecule has 0 atom stereocenters. The number of likely N-dealkylation sites (tertiary alicyclic amines) is 1. The smallest absolute Gasteiger partial charge is 0.224 e. The highest BCUT2D eigenvalue weighted by atomic mass is 19.1. The number of carbonyl (C=O) groups is 1. The number of anilines is 1. The Kier molecular flexibility index (Phi) is 5.83. The fraction of sp³-hybridized carbons (Fsp3) is 0.435. The van der Waals surface area contributed by atoms with Gasteiger partial charge >= 0.3 is 0 Å². The van der Waals surface area contributed by atoms with Gasteiger partial charge in [0.25, 0.3) is 0 Å². The lowest BCUT2D eigenvalue weighted by Crippen LogP contribution is -2.43. The Balaban J connectivity index is 1.24. The van der Waals surface area contributed by atoms with Gasteiger partial charge in [0.15, 0.2) is 0 Å². The summed E-state index contributed by atoms with van der Waals surface area (Å²) < 4.78 is 19.5. The summed E-state index contributed by atoms with van der Waals surface area (Å²) in [5.41, 5.74) is 1.65. The monoisotopic (exact) mass is 398 g/mol. The number of hydrogen-bond donors (Lipinski definition) is 2. The second kappa shape index (κ2) is 8.51. The van der Waals surface area contributed by atoms with E-state index in [1.54, 1.807) is 12.1 Å². The molecule has 2 heterocycles. The first-order chi connectivity index (χ1) is 14.0. The molecule has 0 aromatic heterocycles. The van der Waals surface area contributed by atoms with Crippen molar-refractivity contribution in [3.05, 3.63) is 59.4 Å². The van der Waals surface area contributed by atoms with E-state index in [0.29, 0.717) is 37.9 Å². The molecule has 0 spiro atoms. The third kappa shape index (κ3) is 4.60. The standard InChI is InChI=1S/C23H27FN2O3/c24-18-5-1-4-17(16-18)23(28)10-13-26(14-11-23)12-3-15-29-21-7-2-6-20-19(21)8-9-22(27)25-20/h1-2,4-7,16,28H,3,8-15H2,(H,25,27). The summed E-state index contributed by atoms with van der Waals surface area (Å²) in [6.45, 7) is 3.06. The second-order valence-electron chi connectivity index (χ2n) is 7.92. The molecule has 1 amide bonds. The zero-order valence-corrected chi connectivity index (χ0v) is 16.5. The minimum Gasteiger partial charge on any atom is -0.493 e. The lowest BCUT2D eigenvalue weighted by Gasteiger charge is -2.38. The number of hydrogen-bond acceptors (Lipinski definition) is 4. The van der Waals surface area contributed by atoms with Gasteiger partial charge in [-0.25, -0.2) is 4.39 Å². The summed E-state index contributed by atoms with van der Waals surface area (Å²) in [6, 6.07) is 12.1. The van der Waals surface area contributed by atoms with Crippen LogP contribution in [0.1, 0.15) is 36.8 Å². The number of piperidine rings is 1. The molecule has 2 aliphatic rings. The summed E-state index contributed by atoms with van der Waals surface area (Å²) in [4.78, 5) is 13.8. The number of nitrogens with zero attached hydrogens (tertiary/aromatic N) is 1. The lowest BCUT2D eigenvalue weighted by atomic mass is 9.84. The van der Waals surface area contributed by atoms with Crippen LogP contribution in [0, 0.1) is 5.82 Å². The zero-order valence-electron chi connectivity index (χ0n) is 16.5. The van der Waals surface area contributed by atoms with E-state index in [1.807, 2.05) is 18.2 Å². The number of ether oxygens (including phenoxy) is 1. The first-order valence-corrected chi connectivity index (χ1v) is 10.3. The van der Waals surface area contributed by atoms with E-state index >= 15 is 0 Å². The summed E-state index contributed by atoms with van der Waals surface area (Å²) in [6.07, 6.45) is 3.29. The fourth-order valence-electron chi connectivity index (χ4n) is 4.21. The number of amides is 1. The Bertz CT molecular complexity index is 878. The Hall–Kier alpha value is -2.44. The molecule has 2 aromatic carbocycles. The third-order valence-electron chi connectivity index (χ3n) is 5.93. The van der Waals surface area contributed by atoms with Crippen LogP contribution in [0.25, 0.3) is 0 Å². The van der Waals surface area contributed by atoms with E-state index in [1.165, 1.54) is 12.1 Å². The normalized spacial score (nSPS) is 18.8. The highest BCUT2D eigenvalue weighted by Crippen LogP contribution is 2.33. The number of carbonyl (C=O) groups excluding carboxylic acids is 1. The number of fused-ring (bicyclic) bond motifs is 1. The lowest BCUT2D eigenvalue weighted by molar-refractivity contribution is -0.116. The molecule has 154 valence electrons. The van der Waals surface area contributed by atoms with Gasteiger partial charge in [0.05, 0.1) is 12.2 Å². The molecule has 2 aromatic rings. The van der Waals surface area contributed by atoms with Gasteiger partial charge in [0.2, 0.25) is 5.91 Å². The molecule has 0 radical (unpaired) electrons. The van der Waals surface area contributed by atoms with Crippen molar-refractivity contribution < 1.29 is 19.0 Å². The Labute approximate surface area is 170 Å². The number of halogens is 1. The van der Waals surface area contributed by atoms with Crippen LogP contribution in [-0.2, 0) is 16.8 Å². The van der Waals surface area contributed by atoms with Crippen LogP contribution in [0.2, 0.25) is 0 Å². The summed E-state index contributed by atoms with van der Waals surface area (Å²) in [5.74, 6) is 0.595. The van der Waals surface area contributed by atoms with Crippen LogP contribution in [0.5, 0.6) is 5.75 Å². The average Bonchev–Trinajstić information content (AvgIpc) is 2.72. The van der Waals surface area contributed by atoms with E-state index in [9.17, 15) is 14.3 Å². The van der Waals surface area contributed by atoms with Gasteiger partial charge in [0, 0.05) is 37.3 Å². The number of rotatable bonds is 6. The molecule has 4 rings (SSSR count). The number of nitrogens with one attached hydrogen (secondary N) is 1. The van der Waals surface area contributed by atoms with Gasteiger partial charge < -0.3 is 20.1 Å². The summed E-state index contributed by atoms with van der Waals surface area (Å²) in [5, 5.41) is 13.8. The van der Waals surface area contributed by atoms with Crippen LogP contribution in [0.4, 0.5) is 10.1 Å². The molecule has 1 fully saturated rings. The molecular weight excluding hydrogens is 371 g/mol. The summed E-state index contributed by atoms with van der Waals surface area (Å²) >= 11 is 0. The molecule has 5 nitrogen and oxygen atoms in total. The maximum absolute atomic E-state index is 13.5. The van der Waals surface area contributed by atoms with Crippen molar-refractivity contribution in [2.75, 3.05) is 31.6 Å². The molecule has 2 aliphatic heterocycles. The number of aliphatic hydroxyl groups is 1. The van der Waals surface area contributed by atoms with Crippen LogP contribution in [0.15, 0.2) is 42.5 Å². The largest absolute Gasteiger partial charge is 0.493 e. The van der Waals surface area contributed by atoms with Crippen molar-refractivity contribution in [3.63, 3.8) is 0 Å². The molecule has 0 saturated carbocycles. The topological polar surface area (TPSA) is 61.8 Å². The maximum atomic E-state index is 13.5. The van der Waals surface area contributed by atoms with Gasteiger partial charge in [-0.15, -0.1) is 0 Å². The Morgan fingerprint density at radius 3 is 2.72 bits per heavy atom. The minimum atomic E-state index is -0.942. The highest BCUT2D eigenvalue weighted by molar-refractivity contribution is 5.94. The molecule has 0 aliphatic carbocycles. The van der Waals surface area contributed by atoms with Crippen molar-refractivity contribution in [3.8, 4) is 5.75 Å². The first-order valence-electron chi connectivity index (χ1n) is 10.3. The zero-order chi connectivity index (χ0) is 20.3. The Morgan fingerprint density at radius 1 is 1.14 bits per heavy atom. The van der Waals surface area contributed by atoms with Gasteiger partial charge in [-0.1, -0.05) is 18.2 Å². The average molecular weight is 398 g/mol. The van der Waals surface area contributed by atoms with Crippen molar-refractivity contribution in [1.82, 2.24) is 4.90 Å². The molecule has 0 bridgehead atoms. The van der Waals surface area contributed by atoms with E-state index in [4.69, 9.17) is 4.74 Å². The van der Waals surface area contributed by atoms with Crippen LogP contribution in [0.3, 0.4) is 0 Å². The van der Waals surface area contributed by atoms with Crippen molar-refractivity contribution in [1.29, 1.82) is 0 Å². The van der Waals surface area contributed by atoms with E-state index < -0.39 is 5.60 Å². The van der Waals surface area contributed by atoms with Crippen molar-refractivity contribution >= 4 is 11.6 Å². The molecule has 1 saturated heterocycles. The molecular formula is C23H27FN2O3. The third-order valence-corrected chi connectivity index (χ3v) is 5.93. The molecule has 2 N–H and O–H groups in total. The van der Waals surface area contributed by atoms with Gasteiger partial charge in [-0.05, 0) is 55.5 Å². The fourth-order valence-corrected chi connectivity index (χ4v) is 4.21.